The van der Waals surface area contributed by atoms with Gasteiger partial charge in [0.05, 0.1) is 5.41 Å². The van der Waals surface area contributed by atoms with Crippen molar-refractivity contribution < 1.29 is 19.4 Å². The second-order valence-corrected chi connectivity index (χ2v) is 5.54. The Morgan fingerprint density at radius 1 is 1.40 bits per heavy atom. The number of nitrogens with zero attached hydrogens (tertiary/aromatic N) is 1. The number of ether oxygens (including phenoxy) is 1. The van der Waals surface area contributed by atoms with Crippen LogP contribution >= 0.6 is 0 Å². The molecule has 1 aliphatic heterocycles. The first kappa shape index (κ1) is 14.4. The van der Waals surface area contributed by atoms with Crippen LogP contribution in [0, 0.1) is 11.3 Å². The van der Waals surface area contributed by atoms with Crippen LogP contribution in [-0.2, 0) is 16.1 Å². The number of carboxylic acid groups (broad SMARTS) is 1. The van der Waals surface area contributed by atoms with Crippen molar-refractivity contribution in [1.82, 2.24) is 4.90 Å². The molecule has 1 N–H and O–H groups in total. The normalized spacial score (nSPS) is 25.5. The Morgan fingerprint density at radius 2 is 2.05 bits per heavy atom. The summed E-state index contributed by atoms with van der Waals surface area (Å²) in [5.74, 6) is -0.965. The Balaban J connectivity index is 1.93. The number of rotatable bonds is 3. The number of amides is 1. The van der Waals surface area contributed by atoms with Gasteiger partial charge >= 0.3 is 12.1 Å². The van der Waals surface area contributed by atoms with E-state index in [2.05, 4.69) is 0 Å². The second-order valence-electron chi connectivity index (χ2n) is 5.54. The van der Waals surface area contributed by atoms with E-state index in [1.165, 1.54) is 4.90 Å². The summed E-state index contributed by atoms with van der Waals surface area (Å²) in [6.07, 6.45) is -0.453. The minimum Gasteiger partial charge on any atom is -0.481 e. The molecule has 2 rings (SSSR count). The fourth-order valence-electron chi connectivity index (χ4n) is 2.38. The average molecular weight is 277 g/mol. The number of carbonyl (C=O) groups excluding carboxylic acids is 1. The molecule has 5 nitrogen and oxygen atoms in total. The Bertz CT molecular complexity index is 502. The molecule has 2 atom stereocenters. The fourth-order valence-corrected chi connectivity index (χ4v) is 2.38. The molecular weight excluding hydrogens is 258 g/mol. The highest BCUT2D eigenvalue weighted by atomic mass is 16.6. The number of benzene rings is 1. The summed E-state index contributed by atoms with van der Waals surface area (Å²) in [6.45, 7) is 4.32. The zero-order chi connectivity index (χ0) is 14.8. The van der Waals surface area contributed by atoms with Crippen LogP contribution in [0.25, 0.3) is 0 Å². The van der Waals surface area contributed by atoms with E-state index >= 15 is 0 Å². The summed E-state index contributed by atoms with van der Waals surface area (Å²) >= 11 is 0. The van der Waals surface area contributed by atoms with Gasteiger partial charge in [0, 0.05) is 13.1 Å². The van der Waals surface area contributed by atoms with Crippen LogP contribution in [0.1, 0.15) is 19.4 Å². The second kappa shape index (κ2) is 5.53. The van der Waals surface area contributed by atoms with Crippen molar-refractivity contribution in [3.8, 4) is 0 Å². The molecule has 0 spiro atoms. The first-order valence-corrected chi connectivity index (χ1v) is 6.62. The van der Waals surface area contributed by atoms with Crippen LogP contribution in [0.5, 0.6) is 0 Å². The zero-order valence-electron chi connectivity index (χ0n) is 11.7. The first-order chi connectivity index (χ1) is 9.43. The van der Waals surface area contributed by atoms with Gasteiger partial charge in [-0.2, -0.15) is 0 Å². The highest BCUT2D eigenvalue weighted by molar-refractivity contribution is 5.77. The van der Waals surface area contributed by atoms with E-state index in [0.717, 1.165) is 5.56 Å². The van der Waals surface area contributed by atoms with E-state index in [1.54, 1.807) is 6.92 Å². The molecule has 108 valence electrons. The van der Waals surface area contributed by atoms with Gasteiger partial charge in [-0.1, -0.05) is 37.3 Å². The molecule has 0 aromatic heterocycles. The minimum absolute atomic E-state index is 0.0933. The standard InChI is InChI=1S/C15H19NO4/c1-11-8-16(10-15(11,2)13(17)18)14(19)20-9-12-6-4-3-5-7-12/h3-7,11H,8-10H2,1-2H3,(H,17,18). The highest BCUT2D eigenvalue weighted by Crippen LogP contribution is 2.35. The Kier molecular flexibility index (Phi) is 3.97. The lowest BCUT2D eigenvalue weighted by atomic mass is 9.81. The van der Waals surface area contributed by atoms with Crippen molar-refractivity contribution in [1.29, 1.82) is 0 Å². The van der Waals surface area contributed by atoms with Gasteiger partial charge in [-0.3, -0.25) is 4.79 Å². The van der Waals surface area contributed by atoms with Crippen molar-refractivity contribution in [3.05, 3.63) is 35.9 Å². The maximum absolute atomic E-state index is 12.0. The van der Waals surface area contributed by atoms with E-state index in [1.807, 2.05) is 37.3 Å². The van der Waals surface area contributed by atoms with E-state index in [0.29, 0.717) is 6.54 Å². The predicted molar refractivity (Wildman–Crippen MR) is 73.1 cm³/mol. The van der Waals surface area contributed by atoms with Crippen molar-refractivity contribution in [2.24, 2.45) is 11.3 Å². The van der Waals surface area contributed by atoms with Crippen molar-refractivity contribution in [3.63, 3.8) is 0 Å². The first-order valence-electron chi connectivity index (χ1n) is 6.62. The minimum atomic E-state index is -0.897. The maximum atomic E-state index is 12.0. The Morgan fingerprint density at radius 3 is 2.60 bits per heavy atom. The highest BCUT2D eigenvalue weighted by Gasteiger charge is 2.48. The molecule has 0 saturated carbocycles. The van der Waals surface area contributed by atoms with Crippen LogP contribution in [0.3, 0.4) is 0 Å². The number of aliphatic carboxylic acids is 1. The van der Waals surface area contributed by atoms with Gasteiger partial charge in [0.1, 0.15) is 6.61 Å². The van der Waals surface area contributed by atoms with Crippen LogP contribution in [0.2, 0.25) is 0 Å². The third kappa shape index (κ3) is 2.76. The summed E-state index contributed by atoms with van der Waals surface area (Å²) in [5.41, 5.74) is 0.0141. The van der Waals surface area contributed by atoms with Gasteiger partial charge in [-0.15, -0.1) is 0 Å². The molecule has 0 aliphatic carbocycles. The average Bonchev–Trinajstić information content (AvgIpc) is 2.75. The predicted octanol–water partition coefficient (Wildman–Crippen LogP) is 2.37. The number of likely N-dealkylation sites (tertiary alicyclic amines) is 1. The summed E-state index contributed by atoms with van der Waals surface area (Å²) < 4.78 is 5.23. The molecule has 2 unspecified atom stereocenters. The summed E-state index contributed by atoms with van der Waals surface area (Å²) in [6, 6.07) is 9.40. The van der Waals surface area contributed by atoms with Crippen molar-refractivity contribution >= 4 is 12.1 Å². The quantitative estimate of drug-likeness (QED) is 0.921. The summed E-state index contributed by atoms with van der Waals surface area (Å²) in [4.78, 5) is 24.8. The molecule has 1 aromatic carbocycles. The molecule has 1 fully saturated rings. The van der Waals surface area contributed by atoms with Gasteiger partial charge in [0.25, 0.3) is 0 Å². The molecule has 1 amide bonds. The summed E-state index contributed by atoms with van der Waals surface area (Å²) in [5, 5.41) is 9.27. The van der Waals surface area contributed by atoms with E-state index in [4.69, 9.17) is 4.74 Å². The molecule has 1 aromatic rings. The number of carboxylic acids is 1. The lowest BCUT2D eigenvalue weighted by Gasteiger charge is -2.22. The Hall–Kier alpha value is -2.04. The third-order valence-electron chi connectivity index (χ3n) is 4.05. The zero-order valence-corrected chi connectivity index (χ0v) is 11.7. The van der Waals surface area contributed by atoms with Gasteiger partial charge in [0.2, 0.25) is 0 Å². The monoisotopic (exact) mass is 277 g/mol. The molecule has 5 heteroatoms. The van der Waals surface area contributed by atoms with Crippen LogP contribution in [-0.4, -0.2) is 35.2 Å². The van der Waals surface area contributed by atoms with E-state index < -0.39 is 17.5 Å². The topological polar surface area (TPSA) is 66.8 Å². The largest absolute Gasteiger partial charge is 0.481 e. The van der Waals surface area contributed by atoms with E-state index in [-0.39, 0.29) is 19.1 Å². The van der Waals surface area contributed by atoms with Gasteiger partial charge in [-0.05, 0) is 18.4 Å². The summed E-state index contributed by atoms with van der Waals surface area (Å²) in [7, 11) is 0. The number of carbonyl (C=O) groups is 2. The fraction of sp³-hybridized carbons (Fsp3) is 0.467. The number of hydrogen-bond acceptors (Lipinski definition) is 3. The van der Waals surface area contributed by atoms with Crippen molar-refractivity contribution in [2.75, 3.05) is 13.1 Å². The van der Waals surface area contributed by atoms with Crippen molar-refractivity contribution in [2.45, 2.75) is 20.5 Å². The third-order valence-corrected chi connectivity index (χ3v) is 4.05. The SMILES string of the molecule is CC1CN(C(=O)OCc2ccccc2)CC1(C)C(=O)O. The van der Waals surface area contributed by atoms with Crippen LogP contribution in [0.15, 0.2) is 30.3 Å². The lowest BCUT2D eigenvalue weighted by Crippen LogP contribution is -2.36. The number of hydrogen-bond donors (Lipinski definition) is 1. The smallest absolute Gasteiger partial charge is 0.410 e. The molecule has 1 heterocycles. The van der Waals surface area contributed by atoms with Gasteiger partial charge in [-0.25, -0.2) is 4.79 Å². The molecule has 0 bridgehead atoms. The molecular formula is C15H19NO4. The lowest BCUT2D eigenvalue weighted by molar-refractivity contribution is -0.148. The van der Waals surface area contributed by atoms with Gasteiger partial charge in [0.15, 0.2) is 0 Å². The molecule has 1 aliphatic rings. The molecule has 1 saturated heterocycles. The Labute approximate surface area is 118 Å². The van der Waals surface area contributed by atoms with Crippen LogP contribution in [0.4, 0.5) is 4.79 Å². The van der Waals surface area contributed by atoms with Crippen LogP contribution < -0.4 is 0 Å². The van der Waals surface area contributed by atoms with Gasteiger partial charge < -0.3 is 14.7 Å². The molecule has 20 heavy (non-hydrogen) atoms. The maximum Gasteiger partial charge on any atom is 0.410 e. The molecule has 0 radical (unpaired) electrons. The van der Waals surface area contributed by atoms with E-state index in [9.17, 15) is 14.7 Å².